The molecular weight excluding hydrogens is 595 g/mol. The Morgan fingerprint density at radius 2 is 0.905 bits per heavy atom. The minimum atomic E-state index is 0.0183. The third-order valence-corrected chi connectivity index (χ3v) is 12.1. The molecule has 0 aliphatic rings. The largest absolute Gasteiger partial charge is 0.462 e. The molecule has 0 N–H and O–H groups in total. The molecule has 0 aromatic heterocycles. The fourth-order valence-electron chi connectivity index (χ4n) is 4.84. The van der Waals surface area contributed by atoms with Gasteiger partial charge < -0.3 is 9.64 Å². The van der Waals surface area contributed by atoms with Crippen molar-refractivity contribution < 1.29 is 9.53 Å². The van der Waals surface area contributed by atoms with Gasteiger partial charge in [0.25, 0.3) is 0 Å². The van der Waals surface area contributed by atoms with E-state index in [1.807, 2.05) is 0 Å². The van der Waals surface area contributed by atoms with E-state index in [1.54, 1.807) is 0 Å². The first-order chi connectivity index (χ1) is 20.6. The zero-order chi connectivity index (χ0) is 30.8. The number of rotatable bonds is 35. The predicted molar refractivity (Wildman–Crippen MR) is 201 cm³/mol. The third-order valence-electron chi connectivity index (χ3n) is 7.27. The lowest BCUT2D eigenvalue weighted by Gasteiger charge is -2.18. The normalized spacial score (nSPS) is 11.7. The Labute approximate surface area is 281 Å². The van der Waals surface area contributed by atoms with Crippen LogP contribution in [0, 0.1) is 0 Å². The Hall–Kier alpha value is 0.830. The summed E-state index contributed by atoms with van der Waals surface area (Å²) in [5.41, 5.74) is 0. The van der Waals surface area contributed by atoms with Crippen molar-refractivity contribution in [1.29, 1.82) is 0 Å². The van der Waals surface area contributed by atoms with Crippen LogP contribution in [0.5, 0.6) is 0 Å². The van der Waals surface area contributed by atoms with Crippen LogP contribution in [-0.4, -0.2) is 83.6 Å². The summed E-state index contributed by atoms with van der Waals surface area (Å²) in [6, 6.07) is 0. The molecule has 0 unspecified atom stereocenters. The van der Waals surface area contributed by atoms with E-state index < -0.39 is 0 Å². The Bertz CT molecular complexity index is 507. The molecule has 0 heterocycles. The van der Waals surface area contributed by atoms with Gasteiger partial charge >= 0.3 is 5.97 Å². The second-order valence-electron chi connectivity index (χ2n) is 12.0. The van der Waals surface area contributed by atoms with Crippen LogP contribution < -0.4 is 0 Å². The van der Waals surface area contributed by atoms with Gasteiger partial charge in [-0.3, -0.25) is 4.79 Å². The van der Waals surface area contributed by atoms with Gasteiger partial charge in [-0.15, -0.1) is 0 Å². The van der Waals surface area contributed by atoms with E-state index in [1.165, 1.54) is 149 Å². The summed E-state index contributed by atoms with van der Waals surface area (Å²) in [7, 11) is 4.13. The average molecular weight is 666 g/mol. The second-order valence-corrected chi connectivity index (χ2v) is 16.9. The molecule has 0 atom stereocenters. The van der Waals surface area contributed by atoms with Crippen LogP contribution in [0.25, 0.3) is 0 Å². The van der Waals surface area contributed by atoms with Gasteiger partial charge in [0, 0.05) is 6.42 Å². The van der Waals surface area contributed by atoms with Gasteiger partial charge in [-0.25, -0.2) is 0 Å². The van der Waals surface area contributed by atoms with Crippen molar-refractivity contribution in [3.05, 3.63) is 0 Å². The van der Waals surface area contributed by atoms with Crippen molar-refractivity contribution in [2.24, 2.45) is 0 Å². The number of nitrogens with zero attached hydrogens (tertiary/aromatic N) is 1. The molecule has 252 valence electrons. The number of unbranched alkanes of at least 4 members (excludes halogenated alkanes) is 10. The summed E-state index contributed by atoms with van der Waals surface area (Å²) >= 11 is 8.52. The van der Waals surface area contributed by atoms with Gasteiger partial charge in [0.1, 0.15) is 6.10 Å². The molecule has 0 aromatic carbocycles. The number of ether oxygens (including phenoxy) is 1. The molecule has 0 amide bonds. The van der Waals surface area contributed by atoms with E-state index in [0.29, 0.717) is 6.42 Å². The summed E-state index contributed by atoms with van der Waals surface area (Å²) in [5, 5.41) is 0. The monoisotopic (exact) mass is 665 g/mol. The minimum absolute atomic E-state index is 0.0183. The lowest BCUT2D eigenvalue weighted by atomic mass is 10.0. The molecule has 3 nitrogen and oxygen atoms in total. The summed E-state index contributed by atoms with van der Waals surface area (Å²) in [5.74, 6) is 10.7. The molecule has 0 saturated carbocycles. The fraction of sp³-hybridized carbons (Fsp3) is 0.971. The second kappa shape index (κ2) is 36.3. The number of carbonyl (C=O) groups excluding carboxylic acids is 1. The van der Waals surface area contributed by atoms with Crippen LogP contribution in [0.1, 0.15) is 142 Å². The highest BCUT2D eigenvalue weighted by Crippen LogP contribution is 2.19. The molecule has 0 bridgehead atoms. The summed E-state index contributed by atoms with van der Waals surface area (Å²) < 4.78 is 5.99. The molecule has 0 saturated heterocycles. The highest BCUT2D eigenvalue weighted by atomic mass is 32.2. The van der Waals surface area contributed by atoms with Crippen molar-refractivity contribution in [2.45, 2.75) is 148 Å². The van der Waals surface area contributed by atoms with Gasteiger partial charge in [0.2, 0.25) is 0 Å². The van der Waals surface area contributed by atoms with E-state index >= 15 is 0 Å². The van der Waals surface area contributed by atoms with E-state index in [4.69, 9.17) is 4.74 Å². The number of hydrogen-bond acceptors (Lipinski definition) is 7. The standard InChI is InChI=1S/C35H71NO2S4/c1-5-26-39-30-20-32-41-28-17-13-9-7-11-15-22-34(38-35(37)24-19-25-36(3)4)23-16-12-8-10-14-18-29-42-33-21-31-40-27-6-2/h34H,5-33H2,1-4H3. The van der Waals surface area contributed by atoms with Crippen LogP contribution in [0.3, 0.4) is 0 Å². The van der Waals surface area contributed by atoms with E-state index in [9.17, 15) is 4.79 Å². The molecule has 0 rings (SSSR count). The van der Waals surface area contributed by atoms with Gasteiger partial charge in [-0.2, -0.15) is 47.0 Å². The number of thioether (sulfide) groups is 4. The van der Waals surface area contributed by atoms with Crippen LogP contribution in [0.2, 0.25) is 0 Å². The van der Waals surface area contributed by atoms with Crippen molar-refractivity contribution in [1.82, 2.24) is 4.90 Å². The molecule has 0 aliphatic carbocycles. The first-order valence-corrected chi connectivity index (χ1v) is 22.4. The van der Waals surface area contributed by atoms with E-state index in [0.717, 1.165) is 25.8 Å². The molecule has 42 heavy (non-hydrogen) atoms. The Morgan fingerprint density at radius 1 is 0.524 bits per heavy atom. The lowest BCUT2D eigenvalue weighted by Crippen LogP contribution is -2.20. The minimum Gasteiger partial charge on any atom is -0.462 e. The van der Waals surface area contributed by atoms with Crippen molar-refractivity contribution in [3.63, 3.8) is 0 Å². The third kappa shape index (κ3) is 35.3. The smallest absolute Gasteiger partial charge is 0.306 e. The van der Waals surface area contributed by atoms with Crippen LogP contribution >= 0.6 is 47.0 Å². The van der Waals surface area contributed by atoms with Crippen LogP contribution in [-0.2, 0) is 9.53 Å². The summed E-state index contributed by atoms with van der Waals surface area (Å²) in [6.45, 7) is 5.49. The Morgan fingerprint density at radius 3 is 1.33 bits per heavy atom. The highest BCUT2D eigenvalue weighted by Gasteiger charge is 2.14. The maximum absolute atomic E-state index is 12.5. The zero-order valence-corrected chi connectivity index (χ0v) is 31.7. The summed E-state index contributed by atoms with van der Waals surface area (Å²) in [6.07, 6.45) is 24.9. The summed E-state index contributed by atoms with van der Waals surface area (Å²) in [4.78, 5) is 14.6. The molecule has 7 heteroatoms. The lowest BCUT2D eigenvalue weighted by molar-refractivity contribution is -0.150. The topological polar surface area (TPSA) is 29.5 Å². The maximum Gasteiger partial charge on any atom is 0.306 e. The van der Waals surface area contributed by atoms with Crippen LogP contribution in [0.4, 0.5) is 0 Å². The molecule has 0 radical (unpaired) electrons. The highest BCUT2D eigenvalue weighted by molar-refractivity contribution is 8.00. The van der Waals surface area contributed by atoms with Gasteiger partial charge in [0.05, 0.1) is 0 Å². The first-order valence-electron chi connectivity index (χ1n) is 17.7. The molecule has 0 spiro atoms. The van der Waals surface area contributed by atoms with Gasteiger partial charge in [-0.05, 0) is 137 Å². The Kier molecular flexibility index (Phi) is 37.0. The predicted octanol–water partition coefficient (Wildman–Crippen LogP) is 11.2. The maximum atomic E-state index is 12.5. The van der Waals surface area contributed by atoms with Gasteiger partial charge in [0.15, 0.2) is 0 Å². The molecule has 0 aromatic rings. The van der Waals surface area contributed by atoms with Gasteiger partial charge in [-0.1, -0.05) is 65.2 Å². The van der Waals surface area contributed by atoms with Crippen LogP contribution in [0.15, 0.2) is 0 Å². The number of esters is 1. The SMILES string of the molecule is CCCSCCCSCCCCCCCCC(CCCCCCCCSCCCSCCC)OC(=O)CCCN(C)C. The molecule has 0 aliphatic heterocycles. The van der Waals surface area contributed by atoms with Crippen molar-refractivity contribution >= 4 is 53.0 Å². The van der Waals surface area contributed by atoms with Crippen molar-refractivity contribution in [2.75, 3.05) is 66.7 Å². The quantitative estimate of drug-likeness (QED) is 0.0491. The van der Waals surface area contributed by atoms with E-state index in [2.05, 4.69) is 79.9 Å². The first kappa shape index (κ1) is 42.8. The number of hydrogen-bond donors (Lipinski definition) is 0. The molecule has 0 fully saturated rings. The Balaban J connectivity index is 3.89. The number of carbonyl (C=O) groups is 1. The van der Waals surface area contributed by atoms with Crippen molar-refractivity contribution in [3.8, 4) is 0 Å². The van der Waals surface area contributed by atoms with E-state index in [-0.39, 0.29) is 12.1 Å². The fourth-order valence-corrected chi connectivity index (χ4v) is 8.81. The average Bonchev–Trinajstić information content (AvgIpc) is 2.97. The molecular formula is C35H71NO2S4. The zero-order valence-electron chi connectivity index (χ0n) is 28.5.